The summed E-state index contributed by atoms with van der Waals surface area (Å²) in [7, 11) is 0. The van der Waals surface area contributed by atoms with Crippen molar-refractivity contribution < 1.29 is 4.79 Å². The molecular weight excluding hydrogens is 250 g/mol. The van der Waals surface area contributed by atoms with Gasteiger partial charge in [-0.05, 0) is 37.0 Å². The number of carbonyl (C=O) groups is 1. The number of amides is 2. The zero-order chi connectivity index (χ0) is 13.8. The summed E-state index contributed by atoms with van der Waals surface area (Å²) in [6, 6.07) is 14.0. The fourth-order valence-corrected chi connectivity index (χ4v) is 2.69. The molecule has 0 aliphatic heterocycles. The zero-order valence-electron chi connectivity index (χ0n) is 11.4. The largest absolute Gasteiger partial charge is 0.364 e. The van der Waals surface area contributed by atoms with Gasteiger partial charge in [-0.3, -0.25) is 0 Å². The van der Waals surface area contributed by atoms with E-state index in [1.54, 1.807) is 0 Å². The average Bonchev–Trinajstić information content (AvgIpc) is 2.95. The minimum Gasteiger partial charge on any atom is -0.364 e. The lowest BCUT2D eigenvalue weighted by molar-refractivity contribution is 0.177. The van der Waals surface area contributed by atoms with Crippen LogP contribution in [0.1, 0.15) is 30.5 Å². The van der Waals surface area contributed by atoms with Crippen LogP contribution in [0.25, 0.3) is 0 Å². The Morgan fingerprint density at radius 2 is 1.95 bits per heavy atom. The summed E-state index contributed by atoms with van der Waals surface area (Å²) in [5, 5.41) is 6.04. The number of aromatic amines is 1. The molecule has 0 saturated heterocycles. The number of hydrogen-bond acceptors (Lipinski definition) is 1. The van der Waals surface area contributed by atoms with Crippen LogP contribution in [-0.2, 0) is 12.1 Å². The van der Waals surface area contributed by atoms with Gasteiger partial charge in [0, 0.05) is 11.9 Å². The van der Waals surface area contributed by atoms with E-state index in [0.29, 0.717) is 6.54 Å². The molecule has 4 heteroatoms. The van der Waals surface area contributed by atoms with E-state index in [1.807, 2.05) is 36.5 Å². The van der Waals surface area contributed by atoms with Crippen LogP contribution in [0.15, 0.2) is 48.7 Å². The molecule has 0 spiro atoms. The van der Waals surface area contributed by atoms with E-state index in [-0.39, 0.29) is 11.6 Å². The molecular formula is C16H19N3O. The molecule has 0 atom stereocenters. The predicted octanol–water partition coefficient (Wildman–Crippen LogP) is 2.89. The molecule has 104 valence electrons. The SMILES string of the molecule is O=C(NCc1ccc[nH]1)NC1(c2ccccc2)CCC1. The molecule has 0 bridgehead atoms. The Morgan fingerprint density at radius 3 is 2.55 bits per heavy atom. The van der Waals surface area contributed by atoms with Crippen molar-refractivity contribution in [2.75, 3.05) is 0 Å². The molecule has 2 aromatic rings. The molecule has 1 heterocycles. The van der Waals surface area contributed by atoms with Gasteiger partial charge in [0.25, 0.3) is 0 Å². The van der Waals surface area contributed by atoms with Gasteiger partial charge in [0.2, 0.25) is 0 Å². The summed E-state index contributed by atoms with van der Waals surface area (Å²) in [5.41, 5.74) is 2.02. The Morgan fingerprint density at radius 1 is 1.15 bits per heavy atom. The minimum absolute atomic E-state index is 0.108. The van der Waals surface area contributed by atoms with Crippen LogP contribution >= 0.6 is 0 Å². The zero-order valence-corrected chi connectivity index (χ0v) is 11.4. The second-order valence-corrected chi connectivity index (χ2v) is 5.30. The highest BCUT2D eigenvalue weighted by Crippen LogP contribution is 2.40. The van der Waals surface area contributed by atoms with Crippen LogP contribution in [0.5, 0.6) is 0 Å². The second kappa shape index (κ2) is 5.41. The average molecular weight is 269 g/mol. The fourth-order valence-electron chi connectivity index (χ4n) is 2.69. The third-order valence-electron chi connectivity index (χ3n) is 3.99. The number of hydrogen-bond donors (Lipinski definition) is 3. The van der Waals surface area contributed by atoms with Crippen molar-refractivity contribution in [3.63, 3.8) is 0 Å². The molecule has 1 saturated carbocycles. The lowest BCUT2D eigenvalue weighted by Gasteiger charge is -2.43. The van der Waals surface area contributed by atoms with Gasteiger partial charge in [0.05, 0.1) is 12.1 Å². The van der Waals surface area contributed by atoms with Crippen LogP contribution in [0.3, 0.4) is 0 Å². The molecule has 1 aliphatic carbocycles. The smallest absolute Gasteiger partial charge is 0.315 e. The van der Waals surface area contributed by atoms with E-state index in [1.165, 1.54) is 5.56 Å². The van der Waals surface area contributed by atoms with E-state index in [4.69, 9.17) is 0 Å². The summed E-state index contributed by atoms with van der Waals surface area (Å²) < 4.78 is 0. The van der Waals surface area contributed by atoms with Crippen LogP contribution in [-0.4, -0.2) is 11.0 Å². The van der Waals surface area contributed by atoms with Crippen LogP contribution in [0, 0.1) is 0 Å². The van der Waals surface area contributed by atoms with E-state index in [2.05, 4.69) is 27.8 Å². The molecule has 1 aliphatic rings. The van der Waals surface area contributed by atoms with Crippen molar-refractivity contribution in [1.82, 2.24) is 15.6 Å². The summed E-state index contributed by atoms with van der Waals surface area (Å²) in [4.78, 5) is 15.2. The summed E-state index contributed by atoms with van der Waals surface area (Å²) >= 11 is 0. The van der Waals surface area contributed by atoms with Crippen molar-refractivity contribution in [1.29, 1.82) is 0 Å². The first-order chi connectivity index (χ1) is 9.78. The molecule has 0 unspecified atom stereocenters. The first kappa shape index (κ1) is 12.8. The molecule has 1 aromatic heterocycles. The molecule has 3 rings (SSSR count). The van der Waals surface area contributed by atoms with Crippen molar-refractivity contribution in [2.24, 2.45) is 0 Å². The fraction of sp³-hybridized carbons (Fsp3) is 0.312. The Bertz CT molecular complexity index is 559. The topological polar surface area (TPSA) is 56.9 Å². The van der Waals surface area contributed by atoms with Crippen molar-refractivity contribution >= 4 is 6.03 Å². The summed E-state index contributed by atoms with van der Waals surface area (Å²) in [6.45, 7) is 0.518. The van der Waals surface area contributed by atoms with Crippen LogP contribution < -0.4 is 10.6 Å². The molecule has 3 N–H and O–H groups in total. The predicted molar refractivity (Wildman–Crippen MR) is 78.1 cm³/mol. The Hall–Kier alpha value is -2.23. The number of aromatic nitrogens is 1. The molecule has 2 amide bonds. The van der Waals surface area contributed by atoms with Gasteiger partial charge in [-0.1, -0.05) is 30.3 Å². The van der Waals surface area contributed by atoms with Gasteiger partial charge < -0.3 is 15.6 Å². The van der Waals surface area contributed by atoms with Crippen molar-refractivity contribution in [2.45, 2.75) is 31.3 Å². The molecule has 1 aromatic carbocycles. The monoisotopic (exact) mass is 269 g/mol. The number of urea groups is 1. The highest BCUT2D eigenvalue weighted by Gasteiger charge is 2.39. The molecule has 0 radical (unpaired) electrons. The Labute approximate surface area is 118 Å². The van der Waals surface area contributed by atoms with Gasteiger partial charge in [0.15, 0.2) is 0 Å². The van der Waals surface area contributed by atoms with E-state index >= 15 is 0 Å². The van der Waals surface area contributed by atoms with Crippen molar-refractivity contribution in [3.8, 4) is 0 Å². The van der Waals surface area contributed by atoms with Crippen molar-refractivity contribution in [3.05, 3.63) is 59.9 Å². The molecule has 1 fully saturated rings. The highest BCUT2D eigenvalue weighted by atomic mass is 16.2. The standard InChI is InChI=1S/C16H19N3O/c20-15(18-12-14-8-4-11-17-14)19-16(9-5-10-16)13-6-2-1-3-7-13/h1-4,6-8,11,17H,5,9-10,12H2,(H2,18,19,20). The summed E-state index contributed by atoms with van der Waals surface area (Å²) in [5.74, 6) is 0. The van der Waals surface area contributed by atoms with E-state index in [9.17, 15) is 4.79 Å². The third kappa shape index (κ3) is 2.54. The van der Waals surface area contributed by atoms with Gasteiger partial charge in [-0.25, -0.2) is 4.79 Å². The maximum Gasteiger partial charge on any atom is 0.315 e. The maximum atomic E-state index is 12.1. The van der Waals surface area contributed by atoms with Gasteiger partial charge in [-0.15, -0.1) is 0 Å². The first-order valence-electron chi connectivity index (χ1n) is 7.02. The quantitative estimate of drug-likeness (QED) is 0.785. The highest BCUT2D eigenvalue weighted by molar-refractivity contribution is 5.75. The number of rotatable bonds is 4. The number of benzene rings is 1. The first-order valence-corrected chi connectivity index (χ1v) is 7.02. The van der Waals surface area contributed by atoms with Gasteiger partial charge in [-0.2, -0.15) is 0 Å². The lowest BCUT2D eigenvalue weighted by atomic mass is 9.72. The Kier molecular flexibility index (Phi) is 3.46. The second-order valence-electron chi connectivity index (χ2n) is 5.30. The van der Waals surface area contributed by atoms with Gasteiger partial charge in [0.1, 0.15) is 0 Å². The third-order valence-corrected chi connectivity index (χ3v) is 3.99. The molecule has 4 nitrogen and oxygen atoms in total. The molecule has 20 heavy (non-hydrogen) atoms. The summed E-state index contributed by atoms with van der Waals surface area (Å²) in [6.07, 6.45) is 5.03. The minimum atomic E-state index is -0.179. The Balaban J connectivity index is 1.62. The van der Waals surface area contributed by atoms with Crippen LogP contribution in [0.4, 0.5) is 4.79 Å². The lowest BCUT2D eigenvalue weighted by Crippen LogP contribution is -2.53. The number of carbonyl (C=O) groups excluding carboxylic acids is 1. The number of nitrogens with one attached hydrogen (secondary N) is 3. The number of H-pyrrole nitrogens is 1. The normalized spacial score (nSPS) is 16.2. The van der Waals surface area contributed by atoms with E-state index < -0.39 is 0 Å². The van der Waals surface area contributed by atoms with Crippen LogP contribution in [0.2, 0.25) is 0 Å². The van der Waals surface area contributed by atoms with Gasteiger partial charge >= 0.3 is 6.03 Å². The maximum absolute atomic E-state index is 12.1. The van der Waals surface area contributed by atoms with E-state index in [0.717, 1.165) is 25.0 Å².